The number of carbonyl (C=O) groups is 1. The molecule has 0 radical (unpaired) electrons. The molecule has 0 aliphatic carbocycles. The third-order valence-electron chi connectivity index (χ3n) is 5.99. The summed E-state index contributed by atoms with van der Waals surface area (Å²) in [6.07, 6.45) is -10.3. The van der Waals surface area contributed by atoms with E-state index in [1.54, 1.807) is 20.8 Å². The Hall–Kier alpha value is -1.87. The highest BCUT2D eigenvalue weighted by molar-refractivity contribution is 5.92. The van der Waals surface area contributed by atoms with E-state index in [9.17, 15) is 31.1 Å². The minimum absolute atomic E-state index is 0.182. The number of ether oxygens (including phenoxy) is 1. The molecule has 0 N–H and O–H groups in total. The van der Waals surface area contributed by atoms with E-state index >= 15 is 0 Å². The molecule has 10 heteroatoms. The van der Waals surface area contributed by atoms with Gasteiger partial charge in [-0.25, -0.2) is 4.79 Å². The lowest BCUT2D eigenvalue weighted by Crippen LogP contribution is -2.57. The fourth-order valence-electron chi connectivity index (χ4n) is 4.85. The van der Waals surface area contributed by atoms with Crippen molar-refractivity contribution in [2.45, 2.75) is 71.4 Å². The van der Waals surface area contributed by atoms with Crippen molar-refractivity contribution in [1.82, 2.24) is 10.0 Å². The highest BCUT2D eigenvalue weighted by atomic mass is 19.4. The van der Waals surface area contributed by atoms with Crippen LogP contribution in [0.3, 0.4) is 0 Å². The molecule has 28 heavy (non-hydrogen) atoms. The number of alkyl halides is 6. The maximum atomic E-state index is 14.0. The van der Waals surface area contributed by atoms with Crippen LogP contribution in [0.5, 0.6) is 0 Å². The molecule has 0 bridgehead atoms. The molecule has 1 fully saturated rings. The molecule has 3 aliphatic rings. The molecule has 0 amide bonds. The predicted molar refractivity (Wildman–Crippen MR) is 87.4 cm³/mol. The molecule has 0 spiro atoms. The van der Waals surface area contributed by atoms with E-state index in [0.717, 1.165) is 11.9 Å². The number of halogens is 6. The van der Waals surface area contributed by atoms with Gasteiger partial charge in [0.25, 0.3) is 0 Å². The molecule has 2 atom stereocenters. The number of carbonyl (C=O) groups excluding carboxylic acids is 1. The second-order valence-corrected chi connectivity index (χ2v) is 7.99. The summed E-state index contributed by atoms with van der Waals surface area (Å²) in [5.41, 5.74) is -5.26. The molecule has 0 unspecified atom stereocenters. The Labute approximate surface area is 158 Å². The molecule has 0 saturated carbocycles. The Morgan fingerprint density at radius 1 is 1.14 bits per heavy atom. The number of rotatable bonds is 3. The zero-order valence-electron chi connectivity index (χ0n) is 16.2. The van der Waals surface area contributed by atoms with Crippen molar-refractivity contribution in [3.05, 3.63) is 22.5 Å². The van der Waals surface area contributed by atoms with Gasteiger partial charge in [-0.1, -0.05) is 20.8 Å². The number of allylic oxidation sites excluding steroid dienone is 1. The Morgan fingerprint density at radius 3 is 2.14 bits per heavy atom. The number of nitrogens with zero attached hydrogens (tertiary/aromatic N) is 2. The van der Waals surface area contributed by atoms with E-state index in [4.69, 9.17) is 4.74 Å². The average Bonchev–Trinajstić information content (AvgIpc) is 3.08. The molecule has 4 nitrogen and oxygen atoms in total. The Kier molecular flexibility index (Phi) is 4.34. The first kappa shape index (κ1) is 20.9. The van der Waals surface area contributed by atoms with Crippen molar-refractivity contribution in [1.29, 1.82) is 0 Å². The van der Waals surface area contributed by atoms with Gasteiger partial charge in [-0.2, -0.15) is 26.3 Å². The zero-order chi connectivity index (χ0) is 21.4. The van der Waals surface area contributed by atoms with Crippen molar-refractivity contribution < 1.29 is 35.9 Å². The SMILES string of the molecule is CCOC(=O)C1=C(C(F)(F)F)N2N3C(=C(CC)C(C)(C)[C@@H]13)C[C@@]2(C)C(F)(F)F. The fraction of sp³-hybridized carbons (Fsp3) is 0.722. The Balaban J connectivity index is 2.37. The van der Waals surface area contributed by atoms with Crippen molar-refractivity contribution in [3.8, 4) is 0 Å². The summed E-state index contributed by atoms with van der Waals surface area (Å²) >= 11 is 0. The minimum atomic E-state index is -5.16. The van der Waals surface area contributed by atoms with Crippen LogP contribution >= 0.6 is 0 Å². The third kappa shape index (κ3) is 2.41. The van der Waals surface area contributed by atoms with Gasteiger partial charge in [-0.15, -0.1) is 0 Å². The van der Waals surface area contributed by atoms with Crippen LogP contribution in [-0.4, -0.2) is 46.5 Å². The van der Waals surface area contributed by atoms with Crippen molar-refractivity contribution in [3.63, 3.8) is 0 Å². The highest BCUT2D eigenvalue weighted by Gasteiger charge is 2.73. The van der Waals surface area contributed by atoms with E-state index < -0.39 is 53.0 Å². The van der Waals surface area contributed by atoms with Gasteiger partial charge in [0.05, 0.1) is 18.2 Å². The summed E-state index contributed by atoms with van der Waals surface area (Å²) in [4.78, 5) is 12.5. The Morgan fingerprint density at radius 2 is 1.71 bits per heavy atom. The van der Waals surface area contributed by atoms with Crippen molar-refractivity contribution >= 4 is 5.97 Å². The standard InChI is InChI=1S/C18H22F6N2O2/c1-6-9-10-8-16(5,18(22,23)24)26-13(17(19,20)21)11(14(27)28-7-2)12(25(10)26)15(9,3)4/h12H,6-8H2,1-5H3/t12-,16+/m1/s1. The van der Waals surface area contributed by atoms with E-state index in [-0.39, 0.29) is 17.3 Å². The smallest absolute Gasteiger partial charge is 0.433 e. The molecule has 3 aliphatic heterocycles. The largest absolute Gasteiger partial charge is 0.463 e. The van der Waals surface area contributed by atoms with E-state index in [0.29, 0.717) is 12.0 Å². The number of hydrogen-bond acceptors (Lipinski definition) is 4. The summed E-state index contributed by atoms with van der Waals surface area (Å²) in [7, 11) is 0. The first-order chi connectivity index (χ1) is 12.6. The van der Waals surface area contributed by atoms with Crippen LogP contribution in [-0.2, 0) is 9.53 Å². The topological polar surface area (TPSA) is 32.8 Å². The summed E-state index contributed by atoms with van der Waals surface area (Å²) < 4.78 is 88.8. The van der Waals surface area contributed by atoms with Gasteiger partial charge in [-0.3, -0.25) is 10.0 Å². The van der Waals surface area contributed by atoms with E-state index in [1.165, 1.54) is 6.92 Å². The van der Waals surface area contributed by atoms with E-state index in [1.807, 2.05) is 0 Å². The molecule has 0 aromatic carbocycles. The van der Waals surface area contributed by atoms with Crippen LogP contribution in [0.4, 0.5) is 26.3 Å². The molecule has 3 rings (SSSR count). The summed E-state index contributed by atoms with van der Waals surface area (Å²) in [6, 6.07) is -1.20. The van der Waals surface area contributed by atoms with Gasteiger partial charge in [0.2, 0.25) is 0 Å². The van der Waals surface area contributed by atoms with Crippen LogP contribution in [0, 0.1) is 5.41 Å². The first-order valence-corrected chi connectivity index (χ1v) is 9.01. The normalized spacial score (nSPS) is 29.2. The number of hydrazine groups is 1. The molecule has 0 aromatic heterocycles. The van der Waals surface area contributed by atoms with Gasteiger partial charge in [0, 0.05) is 17.5 Å². The van der Waals surface area contributed by atoms with Gasteiger partial charge >= 0.3 is 18.3 Å². The third-order valence-corrected chi connectivity index (χ3v) is 5.99. The zero-order valence-corrected chi connectivity index (χ0v) is 16.2. The maximum absolute atomic E-state index is 14.0. The van der Waals surface area contributed by atoms with Crippen molar-refractivity contribution in [2.24, 2.45) is 5.41 Å². The fourth-order valence-corrected chi connectivity index (χ4v) is 4.85. The van der Waals surface area contributed by atoms with Gasteiger partial charge in [0.1, 0.15) is 0 Å². The van der Waals surface area contributed by atoms with Crippen LogP contribution in [0.15, 0.2) is 22.5 Å². The summed E-state index contributed by atoms with van der Waals surface area (Å²) in [5.74, 6) is -1.23. The van der Waals surface area contributed by atoms with Crippen molar-refractivity contribution in [2.75, 3.05) is 6.61 Å². The molecule has 3 heterocycles. The molecular formula is C18H22F6N2O2. The maximum Gasteiger partial charge on any atom is 0.433 e. The number of hydrogen-bond donors (Lipinski definition) is 0. The molecule has 158 valence electrons. The molecule has 0 aromatic rings. The lowest BCUT2D eigenvalue weighted by atomic mass is 9.75. The van der Waals surface area contributed by atoms with Gasteiger partial charge in [0.15, 0.2) is 11.2 Å². The second-order valence-electron chi connectivity index (χ2n) is 7.99. The summed E-state index contributed by atoms with van der Waals surface area (Å²) in [6.45, 7) is 7.06. The van der Waals surface area contributed by atoms with Crippen LogP contribution in [0.2, 0.25) is 0 Å². The predicted octanol–water partition coefficient (Wildman–Crippen LogP) is 4.70. The quantitative estimate of drug-likeness (QED) is 0.497. The first-order valence-electron chi connectivity index (χ1n) is 9.01. The van der Waals surface area contributed by atoms with Crippen LogP contribution in [0.1, 0.15) is 47.5 Å². The lowest BCUT2D eigenvalue weighted by molar-refractivity contribution is -0.245. The second kappa shape index (κ2) is 5.82. The van der Waals surface area contributed by atoms with Gasteiger partial charge in [-0.05, 0) is 25.8 Å². The summed E-state index contributed by atoms with van der Waals surface area (Å²) in [5, 5.41) is 1.30. The lowest BCUT2D eigenvalue weighted by Gasteiger charge is -2.41. The monoisotopic (exact) mass is 412 g/mol. The Bertz CT molecular complexity index is 780. The van der Waals surface area contributed by atoms with Crippen LogP contribution < -0.4 is 0 Å². The highest BCUT2D eigenvalue weighted by Crippen LogP contribution is 2.64. The van der Waals surface area contributed by atoms with Crippen LogP contribution in [0.25, 0.3) is 0 Å². The number of esters is 1. The molecular weight excluding hydrogens is 390 g/mol. The molecule has 1 saturated heterocycles. The minimum Gasteiger partial charge on any atom is -0.463 e. The van der Waals surface area contributed by atoms with Gasteiger partial charge < -0.3 is 4.74 Å². The average molecular weight is 412 g/mol. The van der Waals surface area contributed by atoms with E-state index in [2.05, 4.69) is 0 Å².